The summed E-state index contributed by atoms with van der Waals surface area (Å²) in [6, 6.07) is 24.6. The van der Waals surface area contributed by atoms with E-state index in [1.165, 1.54) is 17.0 Å². The van der Waals surface area contributed by atoms with Gasteiger partial charge in [0.2, 0.25) is 11.5 Å². The van der Waals surface area contributed by atoms with Gasteiger partial charge in [-0.25, -0.2) is 9.97 Å². The number of carbonyl (C=O) groups is 2. The number of alkyl halides is 6. The molecule has 0 saturated heterocycles. The number of halogens is 13. The van der Waals surface area contributed by atoms with E-state index in [1.807, 2.05) is 0 Å². The number of ketones is 2. The molecule has 0 atom stereocenters. The van der Waals surface area contributed by atoms with Crippen LogP contribution >= 0.6 is 90.1 Å². The van der Waals surface area contributed by atoms with E-state index in [0.717, 1.165) is 17.6 Å². The Morgan fingerprint density at radius 2 is 1.17 bits per heavy atom. The Hall–Kier alpha value is -4.28. The van der Waals surface area contributed by atoms with Gasteiger partial charge in [-0.2, -0.15) is 36.6 Å². The topological polar surface area (TPSA) is 151 Å². The molecule has 0 aliphatic carbocycles. The molecule has 0 saturated carbocycles. The minimum Gasteiger partial charge on any atom is -0.400 e. The second-order valence-corrected chi connectivity index (χ2v) is 15.6. The molecule has 7 rings (SSSR count). The molecule has 7 aromatic rings. The van der Waals surface area contributed by atoms with Gasteiger partial charge in [-0.15, -0.1) is 0 Å². The first-order valence-corrected chi connectivity index (χ1v) is 20.3. The number of aromatic nitrogens is 5. The van der Waals surface area contributed by atoms with Crippen molar-refractivity contribution < 1.29 is 50.0 Å². The highest BCUT2D eigenvalue weighted by Gasteiger charge is 2.40. The lowest BCUT2D eigenvalue weighted by molar-refractivity contribution is -0.170. The average molecular weight is 1110 g/mol. The normalized spacial score (nSPS) is 11.1. The summed E-state index contributed by atoms with van der Waals surface area (Å²) in [6.07, 6.45) is -8.31. The zero-order valence-corrected chi connectivity index (χ0v) is 38.3. The second-order valence-electron chi connectivity index (χ2n) is 12.0. The highest BCUT2D eigenvalue weighted by atomic mass is 79.9. The van der Waals surface area contributed by atoms with Gasteiger partial charge in [-0.1, -0.05) is 108 Å². The Bertz CT molecular complexity index is 2710. The van der Waals surface area contributed by atoms with Crippen LogP contribution < -0.4 is 5.90 Å². The van der Waals surface area contributed by atoms with Crippen molar-refractivity contribution in [3.63, 3.8) is 0 Å². The van der Waals surface area contributed by atoms with Gasteiger partial charge in [-0.05, 0) is 60.7 Å². The number of benzene rings is 4. The van der Waals surface area contributed by atoms with E-state index < -0.39 is 36.1 Å². The molecule has 0 radical (unpaired) electrons. The molecule has 3 N–H and O–H groups in total. The predicted molar refractivity (Wildman–Crippen MR) is 233 cm³/mol. The number of imidazole rings is 2. The van der Waals surface area contributed by atoms with Crippen LogP contribution in [0.5, 0.6) is 0 Å². The highest BCUT2D eigenvalue weighted by Crippen LogP contribution is 2.37. The standard InChI is InChI=1S/C19H9BrCl2F3N3O.C19H10BrCl2F3N2O2.CH4O.ClH2NO/c20-10-5-6-16(13(22)7-10)28-9-15(14-8-17(29-27-14)19(23,24)25)26-18(28)11-3-1-2-4-12(11)21;20-10-5-6-15(13(22)7-10)27-9-14(16(28)8-17(29)19(23,24)25)26-18(27)11-3-1-2-4-12(11)21;1-2;1-3-2/h1-9H;1-7,9H,8H2;2H,1H3;2H2. The van der Waals surface area contributed by atoms with Crippen LogP contribution in [-0.4, -0.2) is 54.2 Å². The average Bonchev–Trinajstić information content (AvgIpc) is 3.99. The van der Waals surface area contributed by atoms with Crippen LogP contribution in [0.3, 0.4) is 0 Å². The van der Waals surface area contributed by atoms with Gasteiger partial charge in [0, 0.05) is 45.6 Å². The molecule has 4 aromatic carbocycles. The lowest BCUT2D eigenvalue weighted by Crippen LogP contribution is -2.25. The third-order valence-corrected chi connectivity index (χ3v) is 10.2. The van der Waals surface area contributed by atoms with E-state index in [0.29, 0.717) is 52.9 Å². The smallest absolute Gasteiger partial charge is 0.400 e. The lowest BCUT2D eigenvalue weighted by atomic mass is 10.1. The van der Waals surface area contributed by atoms with Crippen LogP contribution in [0.4, 0.5) is 26.3 Å². The number of nitrogens with two attached hydrogens (primary N) is 1. The van der Waals surface area contributed by atoms with Crippen molar-refractivity contribution in [2.75, 3.05) is 7.11 Å². The van der Waals surface area contributed by atoms with Crippen molar-refractivity contribution in [2.24, 2.45) is 5.90 Å². The predicted octanol–water partition coefficient (Wildman–Crippen LogP) is 13.2. The molecule has 3 heterocycles. The van der Waals surface area contributed by atoms with Crippen molar-refractivity contribution in [3.05, 3.63) is 144 Å². The molecule has 3 aromatic heterocycles. The van der Waals surface area contributed by atoms with Gasteiger partial charge in [0.15, 0.2) is 5.78 Å². The summed E-state index contributed by atoms with van der Waals surface area (Å²) in [5, 5.41) is 12.0. The Kier molecular flexibility index (Phi) is 18.4. The van der Waals surface area contributed by atoms with E-state index in [-0.39, 0.29) is 22.9 Å². The van der Waals surface area contributed by atoms with Gasteiger partial charge < -0.3 is 9.63 Å². The SMILES string of the molecule is CO.FC(F)(F)c1cc(-c2cn(-c3ccc(Br)cc3Cl)c(-c3ccccc3Cl)n2)no1.NOCl.O=C(CC(=O)C(F)(F)F)c1cn(-c2ccc(Br)cc2Cl)c(-c2ccccc2Cl)n1. The van der Waals surface area contributed by atoms with Gasteiger partial charge in [0.1, 0.15) is 28.7 Å². The molecule has 0 amide bonds. The number of hydrogen-bond donors (Lipinski definition) is 2. The molecule has 332 valence electrons. The van der Waals surface area contributed by atoms with Crippen molar-refractivity contribution in [2.45, 2.75) is 18.8 Å². The van der Waals surface area contributed by atoms with E-state index in [4.69, 9.17) is 51.5 Å². The number of aliphatic hydroxyl groups excluding tert-OH is 1. The number of carbonyl (C=O) groups excluding carboxylic acids is 2. The number of nitrogens with zero attached hydrogens (tertiary/aromatic N) is 5. The molecule has 0 unspecified atom stereocenters. The van der Waals surface area contributed by atoms with E-state index >= 15 is 0 Å². The largest absolute Gasteiger partial charge is 0.452 e. The van der Waals surface area contributed by atoms with Gasteiger partial charge in [0.05, 0.1) is 49.8 Å². The molecule has 0 aliphatic heterocycles. The van der Waals surface area contributed by atoms with Crippen LogP contribution in [0, 0.1) is 0 Å². The quantitative estimate of drug-likeness (QED) is 0.0656. The van der Waals surface area contributed by atoms with Crippen LogP contribution in [0.15, 0.2) is 117 Å². The number of rotatable bonds is 8. The highest BCUT2D eigenvalue weighted by molar-refractivity contribution is 9.10. The minimum absolute atomic E-state index is 0.0578. The van der Waals surface area contributed by atoms with E-state index in [1.54, 1.807) is 89.5 Å². The van der Waals surface area contributed by atoms with E-state index in [2.05, 4.69) is 73.7 Å². The monoisotopic (exact) mass is 1100 g/mol. The third kappa shape index (κ3) is 13.2. The van der Waals surface area contributed by atoms with Crippen molar-refractivity contribution in [1.82, 2.24) is 24.3 Å². The molecule has 24 heteroatoms. The van der Waals surface area contributed by atoms with Crippen LogP contribution in [0.2, 0.25) is 20.1 Å². The second kappa shape index (κ2) is 22.6. The van der Waals surface area contributed by atoms with E-state index in [9.17, 15) is 35.9 Å². The molecule has 0 spiro atoms. The lowest BCUT2D eigenvalue weighted by Gasteiger charge is -2.11. The van der Waals surface area contributed by atoms with Gasteiger partial charge in [0.25, 0.3) is 0 Å². The summed E-state index contributed by atoms with van der Waals surface area (Å²) in [7, 11) is 1.00. The summed E-state index contributed by atoms with van der Waals surface area (Å²) in [6.45, 7) is 0. The fourth-order valence-corrected chi connectivity index (χ4v) is 7.24. The molecule has 0 aliphatic rings. The zero-order valence-electron chi connectivity index (χ0n) is 31.3. The molecule has 0 fully saturated rings. The molecule has 11 nitrogen and oxygen atoms in total. The number of aliphatic hydroxyl groups is 1. The summed E-state index contributed by atoms with van der Waals surface area (Å²) >= 11 is 36.2. The summed E-state index contributed by atoms with van der Waals surface area (Å²) < 4.78 is 88.4. The summed E-state index contributed by atoms with van der Waals surface area (Å²) in [4.78, 5) is 32.1. The zero-order chi connectivity index (χ0) is 46.8. The number of Topliss-reactive ketones (excluding diaryl/α,β-unsaturated/α-hetero) is 2. The van der Waals surface area contributed by atoms with Crippen LogP contribution in [-0.2, 0) is 15.4 Å². The maximum Gasteiger partial charge on any atom is 0.452 e. The number of hydrogen-bond acceptors (Lipinski definition) is 9. The van der Waals surface area contributed by atoms with Crippen molar-refractivity contribution in [3.8, 4) is 45.5 Å². The first-order valence-electron chi connectivity index (χ1n) is 16.9. The first-order chi connectivity index (χ1) is 29.7. The molecule has 63 heavy (non-hydrogen) atoms. The van der Waals surface area contributed by atoms with Gasteiger partial charge >= 0.3 is 12.4 Å². The Balaban J connectivity index is 0.000000251. The molecular formula is C39H25Br2Cl5F6N6O5. The van der Waals surface area contributed by atoms with Gasteiger partial charge in [-0.3, -0.25) is 18.7 Å². The van der Waals surface area contributed by atoms with Crippen molar-refractivity contribution >= 4 is 102 Å². The Labute approximate surface area is 394 Å². The Morgan fingerprint density at radius 3 is 1.60 bits per heavy atom. The third-order valence-electron chi connectivity index (χ3n) is 7.95. The fourth-order valence-electron chi connectivity index (χ4n) is 5.27. The van der Waals surface area contributed by atoms with Crippen molar-refractivity contribution in [1.29, 1.82) is 0 Å². The Morgan fingerprint density at radius 1 is 0.714 bits per heavy atom. The maximum atomic E-state index is 12.9. The van der Waals surface area contributed by atoms with Crippen LogP contribution in [0.25, 0.3) is 45.5 Å². The molecule has 0 bridgehead atoms. The fraction of sp³-hybridized carbons (Fsp3) is 0.103. The van der Waals surface area contributed by atoms with Crippen LogP contribution in [0.1, 0.15) is 22.7 Å². The molecular weight excluding hydrogens is 1080 g/mol. The minimum atomic E-state index is -5.10. The summed E-state index contributed by atoms with van der Waals surface area (Å²) in [5.74, 6) is 0.296. The first kappa shape index (κ1) is 51.4. The maximum absolute atomic E-state index is 12.9. The summed E-state index contributed by atoms with van der Waals surface area (Å²) in [5.41, 5.74) is 1.84.